The van der Waals surface area contributed by atoms with Gasteiger partial charge in [0.15, 0.2) is 0 Å². The fourth-order valence-corrected chi connectivity index (χ4v) is 1.10. The van der Waals surface area contributed by atoms with Crippen LogP contribution in [0.25, 0.3) is 5.52 Å². The highest BCUT2D eigenvalue weighted by atomic mass is 16.4. The summed E-state index contributed by atoms with van der Waals surface area (Å²) in [6.45, 7) is 0. The van der Waals surface area contributed by atoms with Crippen LogP contribution in [-0.4, -0.2) is 15.4 Å². The van der Waals surface area contributed by atoms with Gasteiger partial charge in [0.05, 0.1) is 17.8 Å². The van der Waals surface area contributed by atoms with E-state index in [9.17, 15) is 9.90 Å². The van der Waals surface area contributed by atoms with Crippen molar-refractivity contribution in [2.45, 2.75) is 0 Å². The normalized spacial score (nSPS) is 10.3. The number of rotatable bonds is 1. The Kier molecular flexibility index (Phi) is 1.33. The average molecular weight is 161 g/mol. The Bertz CT molecular complexity index is 433. The average Bonchev–Trinajstić information content (AvgIpc) is 2.47. The number of hydrogen-bond acceptors (Lipinski definition) is 3. The van der Waals surface area contributed by atoms with Crippen LogP contribution in [0.2, 0.25) is 0 Å². The summed E-state index contributed by atoms with van der Waals surface area (Å²) in [6, 6.07) is 5.23. The zero-order valence-corrected chi connectivity index (χ0v) is 6.10. The summed E-state index contributed by atoms with van der Waals surface area (Å²) >= 11 is 0. The Morgan fingerprint density at radius 2 is 2.33 bits per heavy atom. The van der Waals surface area contributed by atoms with Crippen molar-refractivity contribution in [2.75, 3.05) is 0 Å². The number of fused-ring (bicyclic) bond motifs is 1. The molecule has 0 spiro atoms. The van der Waals surface area contributed by atoms with Crippen LogP contribution in [-0.2, 0) is 0 Å². The molecule has 4 nitrogen and oxygen atoms in total. The number of pyridine rings is 1. The summed E-state index contributed by atoms with van der Waals surface area (Å²) in [4.78, 5) is 14.2. The van der Waals surface area contributed by atoms with Crippen LogP contribution in [0.4, 0.5) is 0 Å². The molecule has 2 aromatic heterocycles. The van der Waals surface area contributed by atoms with Crippen molar-refractivity contribution < 1.29 is 9.90 Å². The second-order valence-corrected chi connectivity index (χ2v) is 2.37. The zero-order valence-electron chi connectivity index (χ0n) is 6.10. The Balaban J connectivity index is 2.79. The topological polar surface area (TPSA) is 57.4 Å². The van der Waals surface area contributed by atoms with Gasteiger partial charge in [-0.15, -0.1) is 0 Å². The second kappa shape index (κ2) is 2.34. The van der Waals surface area contributed by atoms with Crippen LogP contribution in [0.1, 0.15) is 10.5 Å². The number of nitrogens with zero attached hydrogens (tertiary/aromatic N) is 2. The predicted molar refractivity (Wildman–Crippen MR) is 39.5 cm³/mol. The monoisotopic (exact) mass is 161 g/mol. The molecule has 0 N–H and O–H groups in total. The number of carboxylic acids is 1. The molecular weight excluding hydrogens is 156 g/mol. The molecule has 0 bridgehead atoms. The van der Waals surface area contributed by atoms with Gasteiger partial charge in [0.25, 0.3) is 0 Å². The lowest BCUT2D eigenvalue weighted by Crippen LogP contribution is -2.22. The standard InChI is InChI=1S/C8H6N2O2/c11-8(12)7-6-3-1-2-4-10(6)5-9-7/h1-5H,(H,11,12)/p-1. The molecule has 0 unspecified atom stereocenters. The van der Waals surface area contributed by atoms with E-state index in [-0.39, 0.29) is 5.69 Å². The first-order valence-electron chi connectivity index (χ1n) is 3.42. The maximum atomic E-state index is 10.5. The highest BCUT2D eigenvalue weighted by Crippen LogP contribution is 2.06. The number of carbonyl (C=O) groups excluding carboxylic acids is 1. The minimum atomic E-state index is -1.25. The molecule has 0 amide bonds. The third kappa shape index (κ3) is 0.852. The number of aromatic carboxylic acids is 1. The van der Waals surface area contributed by atoms with Gasteiger partial charge >= 0.3 is 0 Å². The second-order valence-electron chi connectivity index (χ2n) is 2.37. The zero-order chi connectivity index (χ0) is 8.55. The summed E-state index contributed by atoms with van der Waals surface area (Å²) in [7, 11) is 0. The molecule has 60 valence electrons. The lowest BCUT2D eigenvalue weighted by atomic mass is 10.3. The Morgan fingerprint density at radius 3 is 3.08 bits per heavy atom. The van der Waals surface area contributed by atoms with Crippen LogP contribution in [0.5, 0.6) is 0 Å². The van der Waals surface area contributed by atoms with Crippen molar-refractivity contribution in [3.63, 3.8) is 0 Å². The van der Waals surface area contributed by atoms with Crippen molar-refractivity contribution >= 4 is 11.5 Å². The molecule has 2 aromatic rings. The first-order valence-corrected chi connectivity index (χ1v) is 3.42. The van der Waals surface area contributed by atoms with E-state index in [1.807, 2.05) is 0 Å². The van der Waals surface area contributed by atoms with E-state index in [2.05, 4.69) is 4.98 Å². The fourth-order valence-electron chi connectivity index (χ4n) is 1.10. The van der Waals surface area contributed by atoms with Gasteiger partial charge in [-0.25, -0.2) is 4.98 Å². The van der Waals surface area contributed by atoms with Crippen molar-refractivity contribution in [1.82, 2.24) is 9.38 Å². The SMILES string of the molecule is O=C([O-])c1ncn2ccccc12. The van der Waals surface area contributed by atoms with Gasteiger partial charge in [0.2, 0.25) is 0 Å². The highest BCUT2D eigenvalue weighted by Gasteiger charge is 2.02. The van der Waals surface area contributed by atoms with Crippen LogP contribution in [0, 0.1) is 0 Å². The predicted octanol–water partition coefficient (Wildman–Crippen LogP) is -0.302. The number of carbonyl (C=O) groups is 1. The molecular formula is C8H5N2O2-. The van der Waals surface area contributed by atoms with E-state index in [1.165, 1.54) is 6.33 Å². The molecule has 0 aliphatic carbocycles. The summed E-state index contributed by atoms with van der Waals surface area (Å²) in [5, 5.41) is 10.5. The van der Waals surface area contributed by atoms with Crippen LogP contribution in [0.15, 0.2) is 30.7 Å². The summed E-state index contributed by atoms with van der Waals surface area (Å²) in [5.74, 6) is -1.25. The van der Waals surface area contributed by atoms with Gasteiger partial charge in [-0.3, -0.25) is 0 Å². The van der Waals surface area contributed by atoms with Crippen LogP contribution >= 0.6 is 0 Å². The van der Waals surface area contributed by atoms with Crippen LogP contribution < -0.4 is 5.11 Å². The van der Waals surface area contributed by atoms with Crippen molar-refractivity contribution in [3.05, 3.63) is 36.4 Å². The molecule has 2 heterocycles. The molecule has 0 saturated heterocycles. The molecule has 0 aliphatic rings. The van der Waals surface area contributed by atoms with E-state index in [1.54, 1.807) is 28.8 Å². The first-order chi connectivity index (χ1) is 5.79. The molecule has 0 aromatic carbocycles. The largest absolute Gasteiger partial charge is 0.543 e. The van der Waals surface area contributed by atoms with Crippen molar-refractivity contribution in [2.24, 2.45) is 0 Å². The number of imidazole rings is 1. The number of aromatic nitrogens is 2. The van der Waals surface area contributed by atoms with Gasteiger partial charge in [-0.05, 0) is 12.1 Å². The smallest absolute Gasteiger partial charge is 0.111 e. The van der Waals surface area contributed by atoms with Gasteiger partial charge < -0.3 is 14.3 Å². The van der Waals surface area contributed by atoms with Gasteiger partial charge in [-0.1, -0.05) is 6.07 Å². The molecule has 0 radical (unpaired) electrons. The fraction of sp³-hybridized carbons (Fsp3) is 0. The Morgan fingerprint density at radius 1 is 1.50 bits per heavy atom. The van der Waals surface area contributed by atoms with Crippen LogP contribution in [0.3, 0.4) is 0 Å². The molecule has 0 fully saturated rings. The quantitative estimate of drug-likeness (QED) is 0.576. The number of hydrogen-bond donors (Lipinski definition) is 0. The third-order valence-corrected chi connectivity index (χ3v) is 1.64. The summed E-state index contributed by atoms with van der Waals surface area (Å²) in [5.41, 5.74) is 0.535. The van der Waals surface area contributed by atoms with E-state index in [4.69, 9.17) is 0 Å². The molecule has 0 atom stereocenters. The van der Waals surface area contributed by atoms with Gasteiger partial charge in [0.1, 0.15) is 5.69 Å². The maximum Gasteiger partial charge on any atom is 0.111 e. The molecule has 12 heavy (non-hydrogen) atoms. The molecule has 0 saturated carbocycles. The maximum absolute atomic E-state index is 10.5. The minimum Gasteiger partial charge on any atom is -0.543 e. The lowest BCUT2D eigenvalue weighted by molar-refractivity contribution is -0.255. The summed E-state index contributed by atoms with van der Waals surface area (Å²) in [6.07, 6.45) is 3.18. The molecule has 4 heteroatoms. The van der Waals surface area contributed by atoms with E-state index >= 15 is 0 Å². The molecule has 2 rings (SSSR count). The highest BCUT2D eigenvalue weighted by molar-refractivity contribution is 5.91. The first kappa shape index (κ1) is 6.84. The Hall–Kier alpha value is -1.84. The Labute approximate surface area is 68.1 Å². The third-order valence-electron chi connectivity index (χ3n) is 1.64. The minimum absolute atomic E-state index is 0.0180. The lowest BCUT2D eigenvalue weighted by Gasteiger charge is -1.97. The summed E-state index contributed by atoms with van der Waals surface area (Å²) < 4.78 is 1.63. The molecule has 0 aliphatic heterocycles. The number of carboxylic acid groups (broad SMARTS) is 1. The van der Waals surface area contributed by atoms with E-state index < -0.39 is 5.97 Å². The van der Waals surface area contributed by atoms with Crippen molar-refractivity contribution in [3.8, 4) is 0 Å². The van der Waals surface area contributed by atoms with E-state index in [0.717, 1.165) is 0 Å². The van der Waals surface area contributed by atoms with Crippen molar-refractivity contribution in [1.29, 1.82) is 0 Å². The van der Waals surface area contributed by atoms with E-state index in [0.29, 0.717) is 5.52 Å². The van der Waals surface area contributed by atoms with Gasteiger partial charge in [0, 0.05) is 6.20 Å². The van der Waals surface area contributed by atoms with Gasteiger partial charge in [-0.2, -0.15) is 0 Å².